The van der Waals surface area contributed by atoms with Gasteiger partial charge < -0.3 is 15.1 Å². The van der Waals surface area contributed by atoms with E-state index in [-0.39, 0.29) is 23.9 Å². The topological polar surface area (TPSA) is 98.8 Å². The van der Waals surface area contributed by atoms with Gasteiger partial charge in [-0.25, -0.2) is 13.6 Å². The number of amides is 5. The fourth-order valence-corrected chi connectivity index (χ4v) is 6.47. The summed E-state index contributed by atoms with van der Waals surface area (Å²) in [5, 5.41) is 5.16. The molecule has 0 saturated carbocycles. The number of imide groups is 1. The zero-order valence-corrected chi connectivity index (χ0v) is 21.4. The molecule has 2 aromatic carbocycles. The van der Waals surface area contributed by atoms with E-state index in [2.05, 4.69) is 10.6 Å². The second-order valence-electron chi connectivity index (χ2n) is 10.2. The molecule has 2 fully saturated rings. The molecule has 1 spiro atoms. The average Bonchev–Trinajstić information content (AvgIpc) is 3.29. The predicted octanol–water partition coefficient (Wildman–Crippen LogP) is 3.02. The highest BCUT2D eigenvalue weighted by Gasteiger charge is 2.54. The SMILES string of the molecule is CN1C(=O)NC(=O)C12Cc1ccc(NC(=O)CN3C(=O)C(C)(C)SC[C@@H]3c3cc(F)cc(F)c3)cc1C2. The number of carbonyl (C=O) groups is 4. The van der Waals surface area contributed by atoms with Crippen molar-refractivity contribution in [1.29, 1.82) is 0 Å². The molecule has 1 aliphatic carbocycles. The van der Waals surface area contributed by atoms with E-state index < -0.39 is 39.9 Å². The molecule has 5 rings (SSSR count). The zero-order chi connectivity index (χ0) is 26.7. The van der Waals surface area contributed by atoms with E-state index >= 15 is 0 Å². The summed E-state index contributed by atoms with van der Waals surface area (Å²) in [5.74, 6) is -2.22. The van der Waals surface area contributed by atoms with Gasteiger partial charge in [0.2, 0.25) is 11.8 Å². The van der Waals surface area contributed by atoms with Crippen molar-refractivity contribution in [2.75, 3.05) is 24.7 Å². The van der Waals surface area contributed by atoms with E-state index in [0.717, 1.165) is 17.2 Å². The maximum absolute atomic E-state index is 13.9. The van der Waals surface area contributed by atoms with E-state index in [1.165, 1.54) is 33.7 Å². The Morgan fingerprint density at radius 3 is 2.41 bits per heavy atom. The first-order valence-electron chi connectivity index (χ1n) is 11.8. The maximum atomic E-state index is 13.9. The monoisotopic (exact) mass is 528 g/mol. The van der Waals surface area contributed by atoms with Gasteiger partial charge in [0.05, 0.1) is 10.8 Å². The Labute approximate surface area is 216 Å². The van der Waals surface area contributed by atoms with Crippen molar-refractivity contribution in [3.8, 4) is 0 Å². The lowest BCUT2D eigenvalue weighted by molar-refractivity contribution is -0.139. The third kappa shape index (κ3) is 4.35. The zero-order valence-electron chi connectivity index (χ0n) is 20.6. The number of fused-ring (bicyclic) bond motifs is 1. The first kappa shape index (κ1) is 25.2. The molecule has 2 N–H and O–H groups in total. The van der Waals surface area contributed by atoms with Crippen molar-refractivity contribution in [3.63, 3.8) is 0 Å². The number of hydrogen-bond acceptors (Lipinski definition) is 5. The minimum atomic E-state index is -0.973. The quantitative estimate of drug-likeness (QED) is 0.595. The molecular formula is C26H26F2N4O4S. The number of nitrogens with zero attached hydrogens (tertiary/aromatic N) is 2. The van der Waals surface area contributed by atoms with Crippen LogP contribution in [0.25, 0.3) is 0 Å². The van der Waals surface area contributed by atoms with Crippen molar-refractivity contribution >= 4 is 41.2 Å². The highest BCUT2D eigenvalue weighted by molar-refractivity contribution is 8.01. The number of anilines is 1. The third-order valence-electron chi connectivity index (χ3n) is 7.38. The number of urea groups is 1. The number of thioether (sulfide) groups is 1. The molecule has 0 aromatic heterocycles. The highest BCUT2D eigenvalue weighted by Crippen LogP contribution is 2.41. The lowest BCUT2D eigenvalue weighted by Crippen LogP contribution is -2.52. The van der Waals surface area contributed by atoms with Crippen LogP contribution in [0.2, 0.25) is 0 Å². The molecule has 11 heteroatoms. The van der Waals surface area contributed by atoms with Gasteiger partial charge in [-0.1, -0.05) is 6.07 Å². The Morgan fingerprint density at radius 2 is 1.76 bits per heavy atom. The number of hydrogen-bond donors (Lipinski definition) is 2. The molecule has 2 heterocycles. The molecule has 1 unspecified atom stereocenters. The van der Waals surface area contributed by atoms with Gasteiger partial charge >= 0.3 is 6.03 Å². The van der Waals surface area contributed by atoms with E-state index in [0.29, 0.717) is 24.3 Å². The first-order chi connectivity index (χ1) is 17.4. The summed E-state index contributed by atoms with van der Waals surface area (Å²) in [6, 6.07) is 7.31. The molecule has 8 nitrogen and oxygen atoms in total. The number of nitrogens with one attached hydrogen (secondary N) is 2. The van der Waals surface area contributed by atoms with E-state index in [4.69, 9.17) is 0 Å². The Hall–Kier alpha value is -3.47. The summed E-state index contributed by atoms with van der Waals surface area (Å²) < 4.78 is 27.0. The number of rotatable bonds is 4. The second-order valence-corrected chi connectivity index (χ2v) is 11.9. The molecule has 3 aliphatic rings. The molecular weight excluding hydrogens is 502 g/mol. The van der Waals surface area contributed by atoms with Gasteiger partial charge in [-0.05, 0) is 54.8 Å². The minimum absolute atomic E-state index is 0.290. The van der Waals surface area contributed by atoms with Crippen molar-refractivity contribution in [1.82, 2.24) is 15.1 Å². The van der Waals surface area contributed by atoms with E-state index in [1.807, 2.05) is 6.07 Å². The second kappa shape index (κ2) is 8.83. The van der Waals surface area contributed by atoms with Crippen LogP contribution < -0.4 is 10.6 Å². The Bertz CT molecular complexity index is 1330. The van der Waals surface area contributed by atoms with Gasteiger partial charge in [0, 0.05) is 37.4 Å². The largest absolute Gasteiger partial charge is 0.325 e. The fraction of sp³-hybridized carbons (Fsp3) is 0.385. The first-order valence-corrected chi connectivity index (χ1v) is 12.8. The van der Waals surface area contributed by atoms with Crippen LogP contribution in [0.1, 0.15) is 36.6 Å². The molecule has 2 atom stereocenters. The van der Waals surface area contributed by atoms with Crippen molar-refractivity contribution in [3.05, 3.63) is 64.7 Å². The Morgan fingerprint density at radius 1 is 1.08 bits per heavy atom. The highest BCUT2D eigenvalue weighted by atomic mass is 32.2. The molecule has 2 saturated heterocycles. The number of benzene rings is 2. The Balaban J connectivity index is 1.34. The van der Waals surface area contributed by atoms with Crippen LogP contribution in [0.4, 0.5) is 19.3 Å². The molecule has 0 radical (unpaired) electrons. The standard InChI is InChI=1S/C26H26F2N4O4S/c1-25(2)23(35)32(20(13-37-25)15-6-17(27)9-18(28)7-15)12-21(33)29-19-5-4-14-10-26(11-16(14)8-19)22(34)30-24(36)31(26)3/h4-9,20H,10-13H2,1-3H3,(H,29,33)(H,30,34,36)/t20-,26?/m1/s1. The molecule has 2 aromatic rings. The van der Waals surface area contributed by atoms with Crippen molar-refractivity contribution < 1.29 is 28.0 Å². The lowest BCUT2D eigenvalue weighted by Gasteiger charge is -2.42. The van der Waals surface area contributed by atoms with Crippen LogP contribution in [0.5, 0.6) is 0 Å². The number of likely N-dealkylation sites (N-methyl/N-ethyl adjacent to an activating group) is 1. The van der Waals surface area contributed by atoms with Gasteiger partial charge in [0.25, 0.3) is 5.91 Å². The van der Waals surface area contributed by atoms with Gasteiger partial charge in [-0.3, -0.25) is 19.7 Å². The minimum Gasteiger partial charge on any atom is -0.325 e. The molecule has 5 amide bonds. The molecule has 0 bridgehead atoms. The smallest absolute Gasteiger partial charge is 0.324 e. The Kier molecular flexibility index (Phi) is 6.01. The fourth-order valence-electron chi connectivity index (χ4n) is 5.28. The van der Waals surface area contributed by atoms with Crippen LogP contribution in [0.3, 0.4) is 0 Å². The molecule has 37 heavy (non-hydrogen) atoms. The van der Waals surface area contributed by atoms with E-state index in [1.54, 1.807) is 33.0 Å². The summed E-state index contributed by atoms with van der Waals surface area (Å²) >= 11 is 1.37. The van der Waals surface area contributed by atoms with Gasteiger partial charge in [-0.15, -0.1) is 11.8 Å². The van der Waals surface area contributed by atoms with Crippen molar-refractivity contribution in [2.24, 2.45) is 0 Å². The van der Waals surface area contributed by atoms with Gasteiger partial charge in [-0.2, -0.15) is 0 Å². The summed E-state index contributed by atoms with van der Waals surface area (Å²) in [7, 11) is 1.59. The van der Waals surface area contributed by atoms with Gasteiger partial charge in [0.15, 0.2) is 0 Å². The molecule has 2 aliphatic heterocycles. The summed E-state index contributed by atoms with van der Waals surface area (Å²) in [5.41, 5.74) is 1.55. The lowest BCUT2D eigenvalue weighted by atomic mass is 9.95. The number of halogens is 2. The normalized spacial score (nSPS) is 24.5. The van der Waals surface area contributed by atoms with Crippen molar-refractivity contribution in [2.45, 2.75) is 43.0 Å². The third-order valence-corrected chi connectivity index (χ3v) is 8.76. The predicted molar refractivity (Wildman–Crippen MR) is 134 cm³/mol. The summed E-state index contributed by atoms with van der Waals surface area (Å²) in [4.78, 5) is 53.6. The van der Waals surface area contributed by atoms with Crippen LogP contribution >= 0.6 is 11.8 Å². The number of carbonyl (C=O) groups excluding carboxylic acids is 4. The van der Waals surface area contributed by atoms with Gasteiger partial charge in [0.1, 0.15) is 23.7 Å². The maximum Gasteiger partial charge on any atom is 0.324 e. The van der Waals surface area contributed by atoms with Crippen LogP contribution in [0.15, 0.2) is 36.4 Å². The average molecular weight is 529 g/mol. The van der Waals surface area contributed by atoms with Crippen LogP contribution in [-0.2, 0) is 27.2 Å². The molecule has 194 valence electrons. The summed E-state index contributed by atoms with van der Waals surface area (Å²) in [6.45, 7) is 3.21. The van der Waals surface area contributed by atoms with Crippen LogP contribution in [0, 0.1) is 11.6 Å². The summed E-state index contributed by atoms with van der Waals surface area (Å²) in [6.07, 6.45) is 0.703. The van der Waals surface area contributed by atoms with Crippen LogP contribution in [-0.4, -0.2) is 63.2 Å². The van der Waals surface area contributed by atoms with E-state index in [9.17, 15) is 28.0 Å².